The highest BCUT2D eigenvalue weighted by Gasteiger charge is 2.17. The van der Waals surface area contributed by atoms with E-state index in [9.17, 15) is 13.2 Å². The maximum atomic E-state index is 12.4. The number of ether oxygens (including phenoxy) is 3. The van der Waals surface area contributed by atoms with Gasteiger partial charge in [-0.3, -0.25) is 0 Å². The number of sulfone groups is 1. The van der Waals surface area contributed by atoms with E-state index in [1.807, 2.05) is 6.92 Å². The van der Waals surface area contributed by atoms with E-state index in [1.165, 1.54) is 19.2 Å². The number of rotatable bonds is 6. The van der Waals surface area contributed by atoms with Crippen LogP contribution in [0.1, 0.15) is 27.0 Å². The molecule has 7 heteroatoms. The standard InChI is InChI=1S/C19H22O6S/c1-12-6-7-15(26(5,21)22)10-16(12)19(20)25-11-14-9-18(24-4)17(23-3)8-13(14)2/h6-10H,11H2,1-5H3. The summed E-state index contributed by atoms with van der Waals surface area (Å²) in [5, 5.41) is 0. The molecule has 0 saturated heterocycles. The quantitative estimate of drug-likeness (QED) is 0.719. The average molecular weight is 378 g/mol. The third-order valence-corrected chi connectivity index (χ3v) is 5.17. The number of carbonyl (C=O) groups is 1. The van der Waals surface area contributed by atoms with E-state index < -0.39 is 15.8 Å². The van der Waals surface area contributed by atoms with E-state index >= 15 is 0 Å². The lowest BCUT2D eigenvalue weighted by molar-refractivity contribution is 0.0470. The van der Waals surface area contributed by atoms with Crippen LogP contribution in [0, 0.1) is 13.8 Å². The van der Waals surface area contributed by atoms with Crippen molar-refractivity contribution >= 4 is 15.8 Å². The smallest absolute Gasteiger partial charge is 0.338 e. The highest BCUT2D eigenvalue weighted by Crippen LogP contribution is 2.30. The number of aryl methyl sites for hydroxylation is 2. The second-order valence-corrected chi connectivity index (χ2v) is 7.97. The van der Waals surface area contributed by atoms with Gasteiger partial charge in [0.05, 0.1) is 24.7 Å². The maximum absolute atomic E-state index is 12.4. The van der Waals surface area contributed by atoms with Crippen molar-refractivity contribution in [1.29, 1.82) is 0 Å². The molecule has 26 heavy (non-hydrogen) atoms. The fourth-order valence-electron chi connectivity index (χ4n) is 2.45. The molecule has 140 valence electrons. The number of hydrogen-bond donors (Lipinski definition) is 0. The van der Waals surface area contributed by atoms with Crippen LogP contribution < -0.4 is 9.47 Å². The second-order valence-electron chi connectivity index (χ2n) is 5.96. The molecule has 0 spiro atoms. The highest BCUT2D eigenvalue weighted by atomic mass is 32.2. The summed E-state index contributed by atoms with van der Waals surface area (Å²) in [6, 6.07) is 7.96. The molecule has 0 fully saturated rings. The van der Waals surface area contributed by atoms with Crippen molar-refractivity contribution in [3.8, 4) is 11.5 Å². The summed E-state index contributed by atoms with van der Waals surface area (Å²) in [6.45, 7) is 3.64. The van der Waals surface area contributed by atoms with E-state index in [-0.39, 0.29) is 17.1 Å². The third kappa shape index (κ3) is 4.35. The number of hydrogen-bond acceptors (Lipinski definition) is 6. The minimum absolute atomic E-state index is 0.0353. The predicted molar refractivity (Wildman–Crippen MR) is 97.7 cm³/mol. The van der Waals surface area contributed by atoms with E-state index in [0.717, 1.165) is 17.4 Å². The Morgan fingerprint density at radius 3 is 2.15 bits per heavy atom. The van der Waals surface area contributed by atoms with E-state index in [0.29, 0.717) is 17.1 Å². The van der Waals surface area contributed by atoms with Gasteiger partial charge in [0.15, 0.2) is 21.3 Å². The van der Waals surface area contributed by atoms with Crippen molar-refractivity contribution in [2.75, 3.05) is 20.5 Å². The summed E-state index contributed by atoms with van der Waals surface area (Å²) < 4.78 is 39.3. The molecule has 0 aliphatic rings. The Morgan fingerprint density at radius 1 is 0.962 bits per heavy atom. The average Bonchev–Trinajstić information content (AvgIpc) is 2.59. The lowest BCUT2D eigenvalue weighted by atomic mass is 10.1. The third-order valence-electron chi connectivity index (χ3n) is 4.06. The molecule has 2 rings (SSSR count). The van der Waals surface area contributed by atoms with Gasteiger partial charge in [0, 0.05) is 6.26 Å². The van der Waals surface area contributed by atoms with Gasteiger partial charge in [-0.05, 0) is 54.8 Å². The lowest BCUT2D eigenvalue weighted by Gasteiger charge is -2.13. The van der Waals surface area contributed by atoms with Crippen molar-refractivity contribution in [1.82, 2.24) is 0 Å². The first kappa shape index (κ1) is 19.8. The molecule has 2 aromatic rings. The molecule has 0 N–H and O–H groups in total. The van der Waals surface area contributed by atoms with Crippen molar-refractivity contribution < 1.29 is 27.4 Å². The van der Waals surface area contributed by atoms with Crippen molar-refractivity contribution in [3.05, 3.63) is 52.6 Å². The molecule has 2 aromatic carbocycles. The van der Waals surface area contributed by atoms with Crippen LogP contribution in [0.25, 0.3) is 0 Å². The molecule has 0 aliphatic carbocycles. The Hall–Kier alpha value is -2.54. The van der Waals surface area contributed by atoms with Crippen molar-refractivity contribution in [2.24, 2.45) is 0 Å². The van der Waals surface area contributed by atoms with Crippen LogP contribution in [0.2, 0.25) is 0 Å². The summed E-state index contributed by atoms with van der Waals surface area (Å²) >= 11 is 0. The van der Waals surface area contributed by atoms with Crippen molar-refractivity contribution in [3.63, 3.8) is 0 Å². The highest BCUT2D eigenvalue weighted by molar-refractivity contribution is 7.90. The predicted octanol–water partition coefficient (Wildman–Crippen LogP) is 3.08. The van der Waals surface area contributed by atoms with E-state index in [2.05, 4.69) is 0 Å². The van der Waals surface area contributed by atoms with Gasteiger partial charge in [0.25, 0.3) is 0 Å². The molecule has 0 saturated carbocycles. The number of esters is 1. The summed E-state index contributed by atoms with van der Waals surface area (Å²) in [4.78, 5) is 12.5. The van der Waals surface area contributed by atoms with Crippen LogP contribution in [0.15, 0.2) is 35.2 Å². The van der Waals surface area contributed by atoms with Gasteiger partial charge in [0.1, 0.15) is 6.61 Å². The Kier molecular flexibility index (Phi) is 5.92. The van der Waals surface area contributed by atoms with Crippen molar-refractivity contribution in [2.45, 2.75) is 25.3 Å². The molecular weight excluding hydrogens is 356 g/mol. The second kappa shape index (κ2) is 7.78. The van der Waals surface area contributed by atoms with Crippen LogP contribution >= 0.6 is 0 Å². The topological polar surface area (TPSA) is 78.9 Å². The normalized spacial score (nSPS) is 11.1. The maximum Gasteiger partial charge on any atom is 0.338 e. The minimum atomic E-state index is -3.40. The van der Waals surface area contributed by atoms with Crippen LogP contribution in [-0.4, -0.2) is 34.9 Å². The van der Waals surface area contributed by atoms with Gasteiger partial charge < -0.3 is 14.2 Å². The molecule has 0 amide bonds. The molecule has 0 aromatic heterocycles. The largest absolute Gasteiger partial charge is 0.493 e. The zero-order chi connectivity index (χ0) is 19.5. The Bertz CT molecular complexity index is 931. The fraction of sp³-hybridized carbons (Fsp3) is 0.316. The van der Waals surface area contributed by atoms with Crippen LogP contribution in [0.5, 0.6) is 11.5 Å². The van der Waals surface area contributed by atoms with Crippen LogP contribution in [-0.2, 0) is 21.2 Å². The first-order valence-corrected chi connectivity index (χ1v) is 9.76. The Labute approximate surface area is 153 Å². The molecule has 0 atom stereocenters. The Balaban J connectivity index is 2.24. The molecule has 0 bridgehead atoms. The molecule has 6 nitrogen and oxygen atoms in total. The summed E-state index contributed by atoms with van der Waals surface area (Å²) in [7, 11) is -0.323. The SMILES string of the molecule is COc1cc(C)c(COC(=O)c2cc(S(C)(=O)=O)ccc2C)cc1OC. The zero-order valence-corrected chi connectivity index (χ0v) is 16.3. The number of carbonyl (C=O) groups excluding carboxylic acids is 1. The first-order chi connectivity index (χ1) is 12.2. The molecular formula is C19H22O6S. The van der Waals surface area contributed by atoms with Gasteiger partial charge in [-0.15, -0.1) is 0 Å². The minimum Gasteiger partial charge on any atom is -0.493 e. The van der Waals surface area contributed by atoms with Crippen LogP contribution in [0.4, 0.5) is 0 Å². The van der Waals surface area contributed by atoms with Crippen LogP contribution in [0.3, 0.4) is 0 Å². The van der Waals surface area contributed by atoms with Gasteiger partial charge in [-0.1, -0.05) is 6.07 Å². The molecule has 0 radical (unpaired) electrons. The molecule has 0 heterocycles. The van der Waals surface area contributed by atoms with Gasteiger partial charge in [-0.2, -0.15) is 0 Å². The summed E-state index contributed by atoms with van der Waals surface area (Å²) in [6.07, 6.45) is 1.10. The monoisotopic (exact) mass is 378 g/mol. The summed E-state index contributed by atoms with van der Waals surface area (Å²) in [5.74, 6) is 0.554. The lowest BCUT2D eigenvalue weighted by Crippen LogP contribution is -2.10. The fourth-order valence-corrected chi connectivity index (χ4v) is 3.10. The Morgan fingerprint density at radius 2 is 1.58 bits per heavy atom. The van der Waals surface area contributed by atoms with Gasteiger partial charge >= 0.3 is 5.97 Å². The number of methoxy groups -OCH3 is 2. The first-order valence-electron chi connectivity index (χ1n) is 7.86. The van der Waals surface area contributed by atoms with E-state index in [1.54, 1.807) is 32.2 Å². The number of benzene rings is 2. The zero-order valence-electron chi connectivity index (χ0n) is 15.5. The van der Waals surface area contributed by atoms with Gasteiger partial charge in [0.2, 0.25) is 0 Å². The molecule has 0 aliphatic heterocycles. The molecule has 0 unspecified atom stereocenters. The summed E-state index contributed by atoms with van der Waals surface area (Å²) in [5.41, 5.74) is 2.53. The van der Waals surface area contributed by atoms with E-state index in [4.69, 9.17) is 14.2 Å². The van der Waals surface area contributed by atoms with Gasteiger partial charge in [-0.25, -0.2) is 13.2 Å².